The number of halogens is 1. The molecule has 0 spiro atoms. The lowest BCUT2D eigenvalue weighted by Gasteiger charge is -2.16. The summed E-state index contributed by atoms with van der Waals surface area (Å²) in [4.78, 5) is 12.7. The fourth-order valence-corrected chi connectivity index (χ4v) is 2.91. The average molecular weight is 329 g/mol. The number of benzene rings is 1. The molecule has 0 radical (unpaired) electrons. The van der Waals surface area contributed by atoms with Crippen molar-refractivity contribution < 1.29 is 9.90 Å². The summed E-state index contributed by atoms with van der Waals surface area (Å²) in [5.74, 6) is -0.384. The number of aliphatic hydroxyl groups excluding tert-OH is 1. The van der Waals surface area contributed by atoms with Crippen molar-refractivity contribution in [2.75, 3.05) is 6.54 Å². The monoisotopic (exact) mass is 328 g/mol. The van der Waals surface area contributed by atoms with Crippen LogP contribution in [0.5, 0.6) is 0 Å². The molecule has 0 fully saturated rings. The molecular formula is C15H21ClN2O2S. The highest BCUT2D eigenvalue weighted by atomic mass is 35.5. The van der Waals surface area contributed by atoms with Gasteiger partial charge in [-0.2, -0.15) is 0 Å². The van der Waals surface area contributed by atoms with E-state index >= 15 is 0 Å². The summed E-state index contributed by atoms with van der Waals surface area (Å²) in [7, 11) is 0. The van der Waals surface area contributed by atoms with Crippen LogP contribution in [0.1, 0.15) is 24.8 Å². The second kappa shape index (κ2) is 7.75. The Kier molecular flexibility index (Phi) is 6.61. The molecule has 4 nitrogen and oxygen atoms in total. The molecule has 0 aliphatic rings. The molecule has 0 saturated carbocycles. The Morgan fingerprint density at radius 2 is 2.05 bits per heavy atom. The van der Waals surface area contributed by atoms with Crippen LogP contribution in [0.3, 0.4) is 0 Å². The Balaban J connectivity index is 0.00000220. The van der Waals surface area contributed by atoms with Crippen LogP contribution in [-0.4, -0.2) is 23.6 Å². The Morgan fingerprint density at radius 3 is 2.67 bits per heavy atom. The summed E-state index contributed by atoms with van der Waals surface area (Å²) in [6.45, 7) is 3.79. The van der Waals surface area contributed by atoms with Gasteiger partial charge in [0.15, 0.2) is 0 Å². The third-order valence-corrected chi connectivity index (χ3v) is 4.66. The molecule has 1 amide bonds. The van der Waals surface area contributed by atoms with Gasteiger partial charge >= 0.3 is 0 Å². The van der Waals surface area contributed by atoms with Crippen LogP contribution in [0.4, 0.5) is 0 Å². The maximum Gasteiger partial charge on any atom is 0.224 e. The number of carbonyl (C=O) groups is 1. The topological polar surface area (TPSA) is 75.4 Å². The molecule has 1 heterocycles. The van der Waals surface area contributed by atoms with Crippen molar-refractivity contribution in [3.8, 4) is 0 Å². The summed E-state index contributed by atoms with van der Waals surface area (Å²) in [5.41, 5.74) is 5.68. The van der Waals surface area contributed by atoms with Crippen molar-refractivity contribution in [3.05, 3.63) is 35.2 Å². The zero-order chi connectivity index (χ0) is 14.7. The Bertz CT molecular complexity index is 567. The van der Waals surface area contributed by atoms with Gasteiger partial charge in [0.2, 0.25) is 5.91 Å². The number of fused-ring (bicyclic) bond motifs is 1. The minimum Gasteiger partial charge on any atom is -0.386 e. The van der Waals surface area contributed by atoms with Crippen molar-refractivity contribution in [1.29, 1.82) is 0 Å². The molecule has 2 aromatic rings. The highest BCUT2D eigenvalue weighted by Gasteiger charge is 2.18. The lowest BCUT2D eigenvalue weighted by molar-refractivity contribution is -0.125. The number of nitrogens with two attached hydrogens (primary N) is 1. The third kappa shape index (κ3) is 4.41. The molecule has 3 unspecified atom stereocenters. The lowest BCUT2D eigenvalue weighted by atomic mass is 10.0. The maximum absolute atomic E-state index is 11.8. The fraction of sp³-hybridized carbons (Fsp3) is 0.400. The van der Waals surface area contributed by atoms with Gasteiger partial charge in [-0.05, 0) is 24.4 Å². The van der Waals surface area contributed by atoms with E-state index in [0.717, 1.165) is 15.0 Å². The highest BCUT2D eigenvalue weighted by molar-refractivity contribution is 7.19. The number of hydrogen-bond acceptors (Lipinski definition) is 4. The number of thiophene rings is 1. The number of hydrogen-bond donors (Lipinski definition) is 3. The normalized spacial score (nSPS) is 15.0. The third-order valence-electron chi connectivity index (χ3n) is 3.44. The van der Waals surface area contributed by atoms with Gasteiger partial charge < -0.3 is 16.2 Å². The van der Waals surface area contributed by atoms with Crippen molar-refractivity contribution in [3.63, 3.8) is 0 Å². The van der Waals surface area contributed by atoms with E-state index in [9.17, 15) is 9.90 Å². The van der Waals surface area contributed by atoms with Gasteiger partial charge in [0.1, 0.15) is 6.10 Å². The van der Waals surface area contributed by atoms with E-state index in [-0.39, 0.29) is 36.8 Å². The fourth-order valence-electron chi connectivity index (χ4n) is 1.86. The van der Waals surface area contributed by atoms with Crippen LogP contribution in [-0.2, 0) is 4.79 Å². The number of nitrogens with one attached hydrogen (secondary N) is 1. The smallest absolute Gasteiger partial charge is 0.224 e. The maximum atomic E-state index is 11.8. The zero-order valence-corrected chi connectivity index (χ0v) is 13.7. The van der Waals surface area contributed by atoms with Gasteiger partial charge in [-0.15, -0.1) is 23.7 Å². The van der Waals surface area contributed by atoms with Crippen molar-refractivity contribution in [1.82, 2.24) is 5.32 Å². The van der Waals surface area contributed by atoms with E-state index in [2.05, 4.69) is 5.32 Å². The van der Waals surface area contributed by atoms with Crippen LogP contribution in [0.2, 0.25) is 0 Å². The second-order valence-corrected chi connectivity index (χ2v) is 6.21. The number of carbonyl (C=O) groups excluding carboxylic acids is 1. The summed E-state index contributed by atoms with van der Waals surface area (Å²) in [5, 5.41) is 14.0. The van der Waals surface area contributed by atoms with Gasteiger partial charge in [0, 0.05) is 28.1 Å². The highest BCUT2D eigenvalue weighted by Crippen LogP contribution is 2.29. The van der Waals surface area contributed by atoms with Crippen LogP contribution >= 0.6 is 23.7 Å². The van der Waals surface area contributed by atoms with Gasteiger partial charge in [0.25, 0.3) is 0 Å². The molecule has 3 atom stereocenters. The number of amides is 1. The first-order valence-corrected chi connectivity index (χ1v) is 7.50. The predicted molar refractivity (Wildman–Crippen MR) is 89.9 cm³/mol. The summed E-state index contributed by atoms with van der Waals surface area (Å²) in [6, 6.07) is 9.74. The van der Waals surface area contributed by atoms with E-state index in [4.69, 9.17) is 5.73 Å². The molecule has 0 saturated heterocycles. The molecule has 0 aliphatic carbocycles. The molecule has 1 aromatic heterocycles. The van der Waals surface area contributed by atoms with Gasteiger partial charge in [-0.3, -0.25) is 4.79 Å². The molecule has 6 heteroatoms. The quantitative estimate of drug-likeness (QED) is 0.789. The summed E-state index contributed by atoms with van der Waals surface area (Å²) < 4.78 is 1.14. The van der Waals surface area contributed by atoms with Gasteiger partial charge in [-0.25, -0.2) is 0 Å². The predicted octanol–water partition coefficient (Wildman–Crippen LogP) is 2.46. The minimum absolute atomic E-state index is 0. The average Bonchev–Trinajstić information content (AvgIpc) is 2.87. The molecular weight excluding hydrogens is 308 g/mol. The van der Waals surface area contributed by atoms with Crippen molar-refractivity contribution >= 4 is 39.7 Å². The Labute approximate surface area is 134 Å². The second-order valence-electron chi connectivity index (χ2n) is 5.10. The van der Waals surface area contributed by atoms with Gasteiger partial charge in [0.05, 0.1) is 0 Å². The standard InChI is InChI=1S/C15H20N2O2S.ClH/c1-9(10(2)16)15(19)17-8-12(18)14-7-11-5-3-4-6-13(11)20-14;/h3-7,9-10,12,18H,8,16H2,1-2H3,(H,17,19);1H. The number of aliphatic hydroxyl groups is 1. The summed E-state index contributed by atoms with van der Waals surface area (Å²) in [6.07, 6.45) is -0.684. The van der Waals surface area contributed by atoms with Crippen LogP contribution in [0, 0.1) is 5.92 Å². The van der Waals surface area contributed by atoms with Crippen LogP contribution < -0.4 is 11.1 Å². The largest absolute Gasteiger partial charge is 0.386 e. The van der Waals surface area contributed by atoms with E-state index in [0.29, 0.717) is 0 Å². The van der Waals surface area contributed by atoms with E-state index < -0.39 is 6.10 Å². The molecule has 1 aromatic carbocycles. The van der Waals surface area contributed by atoms with Crippen LogP contribution in [0.25, 0.3) is 10.1 Å². The first kappa shape index (κ1) is 17.9. The lowest BCUT2D eigenvalue weighted by Crippen LogP contribution is -2.40. The van der Waals surface area contributed by atoms with Crippen LogP contribution in [0.15, 0.2) is 30.3 Å². The van der Waals surface area contributed by atoms with E-state index in [1.54, 1.807) is 25.2 Å². The molecule has 21 heavy (non-hydrogen) atoms. The molecule has 0 bridgehead atoms. The molecule has 4 N–H and O–H groups in total. The summed E-state index contributed by atoms with van der Waals surface area (Å²) >= 11 is 1.55. The molecule has 116 valence electrons. The molecule has 0 aliphatic heterocycles. The minimum atomic E-state index is -0.684. The first-order valence-electron chi connectivity index (χ1n) is 6.69. The van der Waals surface area contributed by atoms with E-state index in [1.807, 2.05) is 30.3 Å². The zero-order valence-electron chi connectivity index (χ0n) is 12.1. The first-order chi connectivity index (χ1) is 9.49. The van der Waals surface area contributed by atoms with Crippen molar-refractivity contribution in [2.45, 2.75) is 26.0 Å². The number of rotatable bonds is 5. The Morgan fingerprint density at radius 1 is 1.38 bits per heavy atom. The van der Waals surface area contributed by atoms with E-state index in [1.165, 1.54) is 0 Å². The van der Waals surface area contributed by atoms with Gasteiger partial charge in [-0.1, -0.05) is 25.1 Å². The molecule has 2 rings (SSSR count). The van der Waals surface area contributed by atoms with Crippen molar-refractivity contribution in [2.24, 2.45) is 11.7 Å². The SMILES string of the molecule is CC(N)C(C)C(=O)NCC(O)c1cc2ccccc2s1.Cl. The Hall–Kier alpha value is -1.14.